The van der Waals surface area contributed by atoms with E-state index in [9.17, 15) is 0 Å². The van der Waals surface area contributed by atoms with Gasteiger partial charge in [-0.2, -0.15) is 5.10 Å². The van der Waals surface area contributed by atoms with Crippen molar-refractivity contribution in [2.75, 3.05) is 0 Å². The average Bonchev–Trinajstić information content (AvgIpc) is 3.44. The largest absolute Gasteiger partial charge is 0.259 e. The van der Waals surface area contributed by atoms with Crippen molar-refractivity contribution in [1.82, 2.24) is 25.0 Å². The van der Waals surface area contributed by atoms with E-state index in [0.717, 1.165) is 43.1 Å². The SMILES string of the molecule is Cc1nnc(-c2nn(Cc3sc(C)nc3C)c3ccc(SCc4ccccc4)cc23)s1. The molecule has 5 nitrogen and oxygen atoms in total. The van der Waals surface area contributed by atoms with Gasteiger partial charge in [-0.25, -0.2) is 4.98 Å². The van der Waals surface area contributed by atoms with Gasteiger partial charge in [-0.1, -0.05) is 41.7 Å². The number of fused-ring (bicyclic) bond motifs is 1. The Hall–Kier alpha value is -2.55. The summed E-state index contributed by atoms with van der Waals surface area (Å²) < 4.78 is 2.08. The van der Waals surface area contributed by atoms with Gasteiger partial charge in [0.2, 0.25) is 0 Å². The van der Waals surface area contributed by atoms with Crippen LogP contribution >= 0.6 is 34.4 Å². The van der Waals surface area contributed by atoms with Crippen molar-refractivity contribution in [2.45, 2.75) is 38.0 Å². The zero-order chi connectivity index (χ0) is 21.4. The maximum atomic E-state index is 4.97. The minimum atomic E-state index is 0.710. The summed E-state index contributed by atoms with van der Waals surface area (Å²) in [5.41, 5.74) is 4.41. The summed E-state index contributed by atoms with van der Waals surface area (Å²) >= 11 is 5.16. The van der Waals surface area contributed by atoms with Crippen LogP contribution in [0, 0.1) is 20.8 Å². The Bertz CT molecular complexity index is 1350. The van der Waals surface area contributed by atoms with E-state index in [0.29, 0.717) is 6.54 Å². The van der Waals surface area contributed by atoms with Crippen LogP contribution in [0.1, 0.15) is 26.1 Å². The number of thioether (sulfide) groups is 1. The molecule has 3 heterocycles. The molecule has 0 aliphatic heterocycles. The molecule has 8 heteroatoms. The number of thiazole rings is 1. The van der Waals surface area contributed by atoms with Crippen molar-refractivity contribution in [3.8, 4) is 10.7 Å². The van der Waals surface area contributed by atoms with Crippen LogP contribution in [0.3, 0.4) is 0 Å². The highest BCUT2D eigenvalue weighted by atomic mass is 32.2. The van der Waals surface area contributed by atoms with E-state index in [-0.39, 0.29) is 0 Å². The van der Waals surface area contributed by atoms with Crippen molar-refractivity contribution in [3.63, 3.8) is 0 Å². The third-order valence-electron chi connectivity index (χ3n) is 4.99. The lowest BCUT2D eigenvalue weighted by Gasteiger charge is -2.05. The molecule has 0 aliphatic carbocycles. The molecular weight excluding hydrogens is 442 g/mol. The minimum absolute atomic E-state index is 0.710. The first kappa shape index (κ1) is 20.4. The van der Waals surface area contributed by atoms with Gasteiger partial charge in [-0.3, -0.25) is 4.68 Å². The normalized spacial score (nSPS) is 11.5. The predicted octanol–water partition coefficient (Wildman–Crippen LogP) is 6.28. The maximum Gasteiger partial charge on any atom is 0.168 e. The zero-order valence-electron chi connectivity index (χ0n) is 17.5. The van der Waals surface area contributed by atoms with Crippen molar-refractivity contribution in [2.24, 2.45) is 0 Å². The van der Waals surface area contributed by atoms with E-state index in [1.54, 1.807) is 22.7 Å². The Balaban J connectivity index is 1.54. The summed E-state index contributed by atoms with van der Waals surface area (Å²) in [5, 5.41) is 17.6. The Morgan fingerprint density at radius 1 is 0.935 bits per heavy atom. The molecule has 0 fully saturated rings. The molecule has 0 radical (unpaired) electrons. The number of aryl methyl sites for hydroxylation is 3. The van der Waals surface area contributed by atoms with Gasteiger partial charge in [0, 0.05) is 20.9 Å². The second-order valence-electron chi connectivity index (χ2n) is 7.33. The molecule has 0 amide bonds. The molecule has 0 bridgehead atoms. The first-order chi connectivity index (χ1) is 15.1. The first-order valence-corrected chi connectivity index (χ1v) is 12.6. The molecular formula is C23H21N5S3. The van der Waals surface area contributed by atoms with Crippen molar-refractivity contribution < 1.29 is 0 Å². The van der Waals surface area contributed by atoms with Crippen LogP contribution < -0.4 is 0 Å². The Kier molecular flexibility index (Phi) is 5.60. The molecule has 0 saturated carbocycles. The number of rotatable bonds is 6. The summed E-state index contributed by atoms with van der Waals surface area (Å²) in [6, 6.07) is 17.2. The molecule has 31 heavy (non-hydrogen) atoms. The van der Waals surface area contributed by atoms with Crippen LogP contribution in [0.5, 0.6) is 0 Å². The van der Waals surface area contributed by atoms with Gasteiger partial charge in [0.05, 0.1) is 22.8 Å². The van der Waals surface area contributed by atoms with E-state index in [1.165, 1.54) is 15.3 Å². The summed E-state index contributed by atoms with van der Waals surface area (Å²) in [6.45, 7) is 6.80. The highest BCUT2D eigenvalue weighted by Gasteiger charge is 2.18. The molecule has 0 aliphatic rings. The number of hydrogen-bond donors (Lipinski definition) is 0. The second kappa shape index (κ2) is 8.53. The van der Waals surface area contributed by atoms with Gasteiger partial charge >= 0.3 is 0 Å². The summed E-state index contributed by atoms with van der Waals surface area (Å²) in [7, 11) is 0. The second-order valence-corrected chi connectivity index (χ2v) is 10.8. The van der Waals surface area contributed by atoms with E-state index >= 15 is 0 Å². The highest BCUT2D eigenvalue weighted by Crippen LogP contribution is 2.34. The summed E-state index contributed by atoms with van der Waals surface area (Å²) in [4.78, 5) is 7.04. The number of hydrogen-bond acceptors (Lipinski definition) is 7. The lowest BCUT2D eigenvalue weighted by Crippen LogP contribution is -2.01. The predicted molar refractivity (Wildman–Crippen MR) is 130 cm³/mol. The van der Waals surface area contributed by atoms with Gasteiger partial charge in [0.25, 0.3) is 0 Å². The number of aromatic nitrogens is 5. The van der Waals surface area contributed by atoms with Gasteiger partial charge in [-0.05, 0) is 44.5 Å². The smallest absolute Gasteiger partial charge is 0.168 e. The fourth-order valence-corrected chi connectivity index (χ4v) is 6.02. The minimum Gasteiger partial charge on any atom is -0.259 e. The molecule has 0 saturated heterocycles. The molecule has 0 unspecified atom stereocenters. The van der Waals surface area contributed by atoms with E-state index in [1.807, 2.05) is 25.6 Å². The Labute approximate surface area is 193 Å². The van der Waals surface area contributed by atoms with E-state index < -0.39 is 0 Å². The first-order valence-electron chi connectivity index (χ1n) is 9.97. The molecule has 0 spiro atoms. The highest BCUT2D eigenvalue weighted by molar-refractivity contribution is 7.98. The van der Waals surface area contributed by atoms with Crippen LogP contribution in [0.15, 0.2) is 53.4 Å². The number of benzene rings is 2. The van der Waals surface area contributed by atoms with Crippen LogP contribution in [0.25, 0.3) is 21.6 Å². The van der Waals surface area contributed by atoms with Gasteiger partial charge in [0.1, 0.15) is 10.7 Å². The molecule has 5 rings (SSSR count). The molecule has 0 atom stereocenters. The van der Waals surface area contributed by atoms with E-state index in [4.69, 9.17) is 5.10 Å². The lowest BCUT2D eigenvalue weighted by atomic mass is 10.2. The quantitative estimate of drug-likeness (QED) is 0.278. The van der Waals surface area contributed by atoms with Crippen LogP contribution in [-0.4, -0.2) is 25.0 Å². The van der Waals surface area contributed by atoms with Crippen LogP contribution in [0.2, 0.25) is 0 Å². The standard InChI is InChI=1S/C23H21N5S3/c1-14-21(30-15(2)24-14)12-28-20-10-9-18(29-13-17-7-5-4-6-8-17)11-19(20)22(27-28)23-26-25-16(3)31-23/h4-11H,12-13H2,1-3H3. The van der Waals surface area contributed by atoms with Crippen LogP contribution in [-0.2, 0) is 12.3 Å². The third-order valence-corrected chi connectivity index (χ3v) is 7.96. The number of nitrogens with zero attached hydrogens (tertiary/aromatic N) is 5. The van der Waals surface area contributed by atoms with Crippen molar-refractivity contribution in [3.05, 3.63) is 74.7 Å². The van der Waals surface area contributed by atoms with Crippen LogP contribution in [0.4, 0.5) is 0 Å². The fourth-order valence-electron chi connectivity index (χ4n) is 3.52. The lowest BCUT2D eigenvalue weighted by molar-refractivity contribution is 0.718. The Morgan fingerprint density at radius 3 is 2.48 bits per heavy atom. The summed E-state index contributed by atoms with van der Waals surface area (Å²) in [6.07, 6.45) is 0. The monoisotopic (exact) mass is 463 g/mol. The van der Waals surface area contributed by atoms with Gasteiger partial charge in [0.15, 0.2) is 5.01 Å². The Morgan fingerprint density at radius 2 is 1.77 bits per heavy atom. The molecule has 156 valence electrons. The van der Waals surface area contributed by atoms with E-state index in [2.05, 4.69) is 75.3 Å². The van der Waals surface area contributed by atoms with Crippen molar-refractivity contribution >= 4 is 45.3 Å². The molecule has 0 N–H and O–H groups in total. The topological polar surface area (TPSA) is 56.5 Å². The molecule has 3 aromatic heterocycles. The average molecular weight is 464 g/mol. The summed E-state index contributed by atoms with van der Waals surface area (Å²) in [5.74, 6) is 0.938. The molecule has 2 aromatic carbocycles. The third kappa shape index (κ3) is 4.28. The van der Waals surface area contributed by atoms with Gasteiger partial charge < -0.3 is 0 Å². The maximum absolute atomic E-state index is 4.97. The molecule has 5 aromatic rings. The fraction of sp³-hybridized carbons (Fsp3) is 0.217. The van der Waals surface area contributed by atoms with Gasteiger partial charge in [-0.15, -0.1) is 33.3 Å². The van der Waals surface area contributed by atoms with Crippen molar-refractivity contribution in [1.29, 1.82) is 0 Å². The zero-order valence-corrected chi connectivity index (χ0v) is 19.9.